The second kappa shape index (κ2) is 7.83. The van der Waals surface area contributed by atoms with Crippen molar-refractivity contribution < 1.29 is 9.72 Å². The number of piperazine rings is 1. The maximum absolute atomic E-state index is 12.8. The predicted octanol–water partition coefficient (Wildman–Crippen LogP) is 3.82. The van der Waals surface area contributed by atoms with Crippen LogP contribution in [0.5, 0.6) is 0 Å². The summed E-state index contributed by atoms with van der Waals surface area (Å²) < 4.78 is 1.17. The molecule has 0 bridgehead atoms. The molecule has 1 fully saturated rings. The number of thiazole rings is 1. The van der Waals surface area contributed by atoms with E-state index in [9.17, 15) is 14.9 Å². The molecule has 7 nitrogen and oxygen atoms in total. The fourth-order valence-electron chi connectivity index (χ4n) is 3.25. The minimum Gasteiger partial charge on any atom is -0.336 e. The van der Waals surface area contributed by atoms with E-state index in [2.05, 4.69) is 16.0 Å². The summed E-state index contributed by atoms with van der Waals surface area (Å²) in [5.41, 5.74) is 1.05. The fraction of sp³-hybridized carbons (Fsp3) is 0.263. The number of halogens is 1. The van der Waals surface area contributed by atoms with Gasteiger partial charge in [0.1, 0.15) is 5.01 Å². The Kier molecular flexibility index (Phi) is 5.25. The van der Waals surface area contributed by atoms with Crippen molar-refractivity contribution in [1.29, 1.82) is 0 Å². The standard InChI is InChI=1S/C19H17ClN4O3S/c20-15-6-5-13(24(26)27)11-14(15)19(25)23-9-7-22(8-10-23)12-18-21-16-3-1-2-4-17(16)28-18/h1-6,11H,7-10,12H2. The van der Waals surface area contributed by atoms with Crippen LogP contribution in [0.2, 0.25) is 5.02 Å². The summed E-state index contributed by atoms with van der Waals surface area (Å²) in [7, 11) is 0. The summed E-state index contributed by atoms with van der Waals surface area (Å²) in [6.45, 7) is 3.27. The molecule has 1 amide bonds. The highest BCUT2D eigenvalue weighted by atomic mass is 35.5. The van der Waals surface area contributed by atoms with Gasteiger partial charge in [0, 0.05) is 38.3 Å². The number of nitro benzene ring substituents is 1. The molecule has 28 heavy (non-hydrogen) atoms. The van der Waals surface area contributed by atoms with Gasteiger partial charge >= 0.3 is 0 Å². The Morgan fingerprint density at radius 2 is 1.93 bits per heavy atom. The molecule has 4 rings (SSSR count). The van der Waals surface area contributed by atoms with Crippen LogP contribution in [-0.2, 0) is 6.54 Å². The highest BCUT2D eigenvalue weighted by Gasteiger charge is 2.25. The molecule has 144 valence electrons. The normalized spacial score (nSPS) is 15.1. The number of amides is 1. The molecule has 2 heterocycles. The first-order chi connectivity index (χ1) is 13.5. The Hall–Kier alpha value is -2.55. The number of rotatable bonds is 4. The third kappa shape index (κ3) is 3.84. The molecule has 1 aromatic heterocycles. The van der Waals surface area contributed by atoms with Crippen LogP contribution in [0.15, 0.2) is 42.5 Å². The lowest BCUT2D eigenvalue weighted by Gasteiger charge is -2.34. The summed E-state index contributed by atoms with van der Waals surface area (Å²) in [6.07, 6.45) is 0. The molecule has 3 aromatic rings. The molecule has 1 aliphatic rings. The molecule has 0 saturated carbocycles. The van der Waals surface area contributed by atoms with Gasteiger partial charge in [-0.3, -0.25) is 19.8 Å². The van der Waals surface area contributed by atoms with Gasteiger partial charge in [0.2, 0.25) is 0 Å². The molecule has 1 saturated heterocycles. The maximum atomic E-state index is 12.8. The van der Waals surface area contributed by atoms with E-state index in [1.54, 1.807) is 16.2 Å². The highest BCUT2D eigenvalue weighted by molar-refractivity contribution is 7.18. The minimum atomic E-state index is -0.525. The molecule has 0 radical (unpaired) electrons. The number of para-hydroxylation sites is 1. The second-order valence-corrected chi connectivity index (χ2v) is 8.09. The van der Waals surface area contributed by atoms with Gasteiger partial charge in [-0.2, -0.15) is 0 Å². The first-order valence-electron chi connectivity index (χ1n) is 8.81. The number of nitrogens with zero attached hydrogens (tertiary/aromatic N) is 4. The number of hydrogen-bond donors (Lipinski definition) is 0. The van der Waals surface area contributed by atoms with E-state index in [4.69, 9.17) is 11.6 Å². The third-order valence-electron chi connectivity index (χ3n) is 4.75. The van der Waals surface area contributed by atoms with Crippen LogP contribution >= 0.6 is 22.9 Å². The second-order valence-electron chi connectivity index (χ2n) is 6.56. The Morgan fingerprint density at radius 1 is 1.18 bits per heavy atom. The number of fused-ring (bicyclic) bond motifs is 1. The topological polar surface area (TPSA) is 79.6 Å². The van der Waals surface area contributed by atoms with Crippen molar-refractivity contribution in [3.63, 3.8) is 0 Å². The van der Waals surface area contributed by atoms with Gasteiger partial charge in [0.25, 0.3) is 11.6 Å². The summed E-state index contributed by atoms with van der Waals surface area (Å²) in [4.78, 5) is 31.8. The van der Waals surface area contributed by atoms with Crippen LogP contribution in [-0.4, -0.2) is 51.8 Å². The van der Waals surface area contributed by atoms with E-state index >= 15 is 0 Å². The fourth-order valence-corrected chi connectivity index (χ4v) is 4.46. The molecule has 0 atom stereocenters. The minimum absolute atomic E-state index is 0.137. The van der Waals surface area contributed by atoms with Crippen molar-refractivity contribution in [2.24, 2.45) is 0 Å². The Morgan fingerprint density at radius 3 is 2.64 bits per heavy atom. The zero-order valence-corrected chi connectivity index (χ0v) is 16.4. The van der Waals surface area contributed by atoms with Gasteiger partial charge in [0.15, 0.2) is 0 Å². The number of nitro groups is 1. The van der Waals surface area contributed by atoms with Crippen LogP contribution < -0.4 is 0 Å². The highest BCUT2D eigenvalue weighted by Crippen LogP contribution is 2.25. The van der Waals surface area contributed by atoms with E-state index < -0.39 is 4.92 Å². The number of benzene rings is 2. The number of aromatic nitrogens is 1. The van der Waals surface area contributed by atoms with Gasteiger partial charge in [-0.1, -0.05) is 23.7 Å². The smallest absolute Gasteiger partial charge is 0.270 e. The van der Waals surface area contributed by atoms with E-state index in [0.29, 0.717) is 26.2 Å². The van der Waals surface area contributed by atoms with Gasteiger partial charge in [0.05, 0.1) is 32.3 Å². The Balaban J connectivity index is 1.40. The van der Waals surface area contributed by atoms with Gasteiger partial charge in [-0.25, -0.2) is 4.98 Å². The monoisotopic (exact) mass is 416 g/mol. The van der Waals surface area contributed by atoms with Gasteiger partial charge in [-0.15, -0.1) is 11.3 Å². The lowest BCUT2D eigenvalue weighted by molar-refractivity contribution is -0.384. The zero-order chi connectivity index (χ0) is 19.7. The molecule has 9 heteroatoms. The first-order valence-corrected chi connectivity index (χ1v) is 10.0. The summed E-state index contributed by atoms with van der Waals surface area (Å²) >= 11 is 7.79. The summed E-state index contributed by atoms with van der Waals surface area (Å²) in [5.74, 6) is -0.270. The number of non-ortho nitro benzene ring substituents is 1. The lowest BCUT2D eigenvalue weighted by Crippen LogP contribution is -2.48. The molecular formula is C19H17ClN4O3S. The number of carbonyl (C=O) groups excluding carboxylic acids is 1. The largest absolute Gasteiger partial charge is 0.336 e. The summed E-state index contributed by atoms with van der Waals surface area (Å²) in [5, 5.41) is 12.3. The van der Waals surface area contributed by atoms with Gasteiger partial charge < -0.3 is 4.90 Å². The van der Waals surface area contributed by atoms with Crippen LogP contribution in [0.25, 0.3) is 10.2 Å². The average molecular weight is 417 g/mol. The summed E-state index contributed by atoms with van der Waals surface area (Å²) in [6, 6.07) is 12.0. The van der Waals surface area contributed by atoms with Crippen molar-refractivity contribution in [3.8, 4) is 0 Å². The lowest BCUT2D eigenvalue weighted by atomic mass is 10.1. The van der Waals surface area contributed by atoms with E-state index in [1.165, 1.54) is 22.9 Å². The SMILES string of the molecule is O=C(c1cc([N+](=O)[O-])ccc1Cl)N1CCN(Cc2nc3ccccc3s2)CC1. The van der Waals surface area contributed by atoms with Crippen LogP contribution in [0.3, 0.4) is 0 Å². The molecule has 0 aliphatic carbocycles. The molecule has 0 N–H and O–H groups in total. The number of carbonyl (C=O) groups is 1. The molecule has 2 aromatic carbocycles. The van der Waals surface area contributed by atoms with Crippen molar-refractivity contribution in [2.75, 3.05) is 26.2 Å². The van der Waals surface area contributed by atoms with Crippen molar-refractivity contribution >= 4 is 44.7 Å². The predicted molar refractivity (Wildman–Crippen MR) is 109 cm³/mol. The van der Waals surface area contributed by atoms with Crippen molar-refractivity contribution in [2.45, 2.75) is 6.54 Å². The first kappa shape index (κ1) is 18.8. The van der Waals surface area contributed by atoms with Gasteiger partial charge in [-0.05, 0) is 18.2 Å². The Bertz CT molecular complexity index is 1010. The average Bonchev–Trinajstić information content (AvgIpc) is 3.10. The van der Waals surface area contributed by atoms with Crippen molar-refractivity contribution in [1.82, 2.24) is 14.8 Å². The maximum Gasteiger partial charge on any atom is 0.270 e. The van der Waals surface area contributed by atoms with E-state index in [0.717, 1.165) is 17.1 Å². The Labute approximate surface area is 170 Å². The molecule has 0 spiro atoms. The van der Waals surface area contributed by atoms with E-state index in [1.807, 2.05) is 18.2 Å². The molecular weight excluding hydrogens is 400 g/mol. The van der Waals surface area contributed by atoms with Crippen LogP contribution in [0.1, 0.15) is 15.4 Å². The molecule has 1 aliphatic heterocycles. The molecule has 0 unspecified atom stereocenters. The zero-order valence-electron chi connectivity index (χ0n) is 14.9. The van der Waals surface area contributed by atoms with E-state index in [-0.39, 0.29) is 22.2 Å². The third-order valence-corrected chi connectivity index (χ3v) is 6.10. The number of hydrogen-bond acceptors (Lipinski definition) is 6. The van der Waals surface area contributed by atoms with Crippen molar-refractivity contribution in [3.05, 3.63) is 68.2 Å². The van der Waals surface area contributed by atoms with Crippen LogP contribution in [0, 0.1) is 10.1 Å². The van der Waals surface area contributed by atoms with Crippen LogP contribution in [0.4, 0.5) is 5.69 Å². The quantitative estimate of drug-likeness (QED) is 0.477.